The van der Waals surface area contributed by atoms with Crippen molar-refractivity contribution in [2.45, 2.75) is 25.2 Å². The number of carbonyl (C=O) groups excluding carboxylic acids is 1. The van der Waals surface area contributed by atoms with Crippen LogP contribution in [0, 0.1) is 0 Å². The summed E-state index contributed by atoms with van der Waals surface area (Å²) in [5, 5.41) is 0.909. The Hall–Kier alpha value is -2.99. The van der Waals surface area contributed by atoms with Crippen LogP contribution in [-0.4, -0.2) is 21.7 Å². The van der Waals surface area contributed by atoms with E-state index in [4.69, 9.17) is 15.2 Å². The zero-order valence-corrected chi connectivity index (χ0v) is 13.5. The van der Waals surface area contributed by atoms with Crippen molar-refractivity contribution in [3.63, 3.8) is 0 Å². The average molecular weight is 335 g/mol. The van der Waals surface area contributed by atoms with Crippen molar-refractivity contribution < 1.29 is 14.3 Å². The van der Waals surface area contributed by atoms with Crippen molar-refractivity contribution >= 4 is 16.8 Å². The van der Waals surface area contributed by atoms with Gasteiger partial charge in [0, 0.05) is 18.0 Å². The predicted molar refractivity (Wildman–Crippen MR) is 91.6 cm³/mol. The first kappa shape index (κ1) is 15.5. The maximum absolute atomic E-state index is 12.1. The molecule has 0 bridgehead atoms. The lowest BCUT2D eigenvalue weighted by atomic mass is 9.99. The largest absolute Gasteiger partial charge is 0.453 e. The van der Waals surface area contributed by atoms with Crippen LogP contribution in [0.3, 0.4) is 0 Å². The molecule has 0 fully saturated rings. The van der Waals surface area contributed by atoms with E-state index in [2.05, 4.69) is 9.97 Å². The molecule has 1 aromatic heterocycles. The number of para-hydroxylation sites is 1. The van der Waals surface area contributed by atoms with Gasteiger partial charge in [-0.15, -0.1) is 0 Å². The average Bonchev–Trinajstić information content (AvgIpc) is 2.66. The van der Waals surface area contributed by atoms with Gasteiger partial charge in [-0.1, -0.05) is 24.3 Å². The van der Waals surface area contributed by atoms with Gasteiger partial charge in [0.15, 0.2) is 0 Å². The normalized spacial score (nSPS) is 19.2. The van der Waals surface area contributed by atoms with Crippen molar-refractivity contribution in [1.82, 2.24) is 9.97 Å². The van der Waals surface area contributed by atoms with Crippen LogP contribution in [0.1, 0.15) is 17.5 Å². The Bertz CT molecular complexity index is 944. The summed E-state index contributed by atoms with van der Waals surface area (Å²) in [7, 11) is 0. The number of aromatic nitrogens is 2. The minimum atomic E-state index is -1.45. The molecule has 0 saturated heterocycles. The zero-order valence-electron chi connectivity index (χ0n) is 13.5. The maximum atomic E-state index is 12.1. The second-order valence-corrected chi connectivity index (χ2v) is 6.03. The van der Waals surface area contributed by atoms with Crippen LogP contribution in [-0.2, 0) is 22.6 Å². The van der Waals surface area contributed by atoms with Gasteiger partial charge in [-0.2, -0.15) is 0 Å². The molecule has 0 aliphatic carbocycles. The van der Waals surface area contributed by atoms with E-state index in [1.165, 1.54) is 6.33 Å². The van der Waals surface area contributed by atoms with Crippen molar-refractivity contribution in [2.24, 2.45) is 5.73 Å². The summed E-state index contributed by atoms with van der Waals surface area (Å²) in [4.78, 5) is 20.3. The van der Waals surface area contributed by atoms with Gasteiger partial charge in [0.25, 0.3) is 11.7 Å². The second-order valence-electron chi connectivity index (χ2n) is 6.03. The van der Waals surface area contributed by atoms with Crippen LogP contribution in [0.5, 0.6) is 5.75 Å². The minimum absolute atomic E-state index is 0.204. The van der Waals surface area contributed by atoms with Gasteiger partial charge in [-0.25, -0.2) is 9.97 Å². The highest BCUT2D eigenvalue weighted by atomic mass is 16.7. The molecule has 6 nitrogen and oxygen atoms in total. The molecule has 0 saturated carbocycles. The maximum Gasteiger partial charge on any atom is 0.291 e. The number of ether oxygens (including phenoxy) is 2. The van der Waals surface area contributed by atoms with Gasteiger partial charge in [0.2, 0.25) is 0 Å². The molecule has 4 rings (SSSR count). The second kappa shape index (κ2) is 6.14. The Morgan fingerprint density at radius 3 is 3.04 bits per heavy atom. The fraction of sp³-hybridized carbons (Fsp3) is 0.211. The molecule has 1 aliphatic heterocycles. The van der Waals surface area contributed by atoms with Crippen LogP contribution in [0.4, 0.5) is 0 Å². The van der Waals surface area contributed by atoms with E-state index in [-0.39, 0.29) is 6.61 Å². The van der Waals surface area contributed by atoms with E-state index in [0.29, 0.717) is 18.6 Å². The number of primary amides is 1. The van der Waals surface area contributed by atoms with Crippen LogP contribution < -0.4 is 10.5 Å². The molecule has 6 heteroatoms. The number of fused-ring (bicyclic) bond motifs is 2. The molecule has 2 N–H and O–H groups in total. The number of aryl methyl sites for hydroxylation is 1. The molecule has 1 amide bonds. The first-order valence-corrected chi connectivity index (χ1v) is 8.06. The highest BCUT2D eigenvalue weighted by Gasteiger charge is 2.43. The third-order valence-electron chi connectivity index (χ3n) is 4.39. The van der Waals surface area contributed by atoms with E-state index in [1.54, 1.807) is 6.20 Å². The van der Waals surface area contributed by atoms with Crippen molar-refractivity contribution in [3.8, 4) is 5.75 Å². The predicted octanol–water partition coefficient (Wildman–Crippen LogP) is 2.35. The van der Waals surface area contributed by atoms with Gasteiger partial charge in [-0.05, 0) is 35.7 Å². The van der Waals surface area contributed by atoms with Gasteiger partial charge >= 0.3 is 0 Å². The van der Waals surface area contributed by atoms with E-state index in [1.807, 2.05) is 42.5 Å². The first-order valence-electron chi connectivity index (χ1n) is 8.06. The Kier molecular flexibility index (Phi) is 3.82. The topological polar surface area (TPSA) is 87.3 Å². The van der Waals surface area contributed by atoms with Gasteiger partial charge < -0.3 is 15.2 Å². The number of hydrogen-bond donors (Lipinski definition) is 1. The van der Waals surface area contributed by atoms with E-state index >= 15 is 0 Å². The molecular weight excluding hydrogens is 318 g/mol. The summed E-state index contributed by atoms with van der Waals surface area (Å²) >= 11 is 0. The highest BCUT2D eigenvalue weighted by Crippen LogP contribution is 2.34. The number of nitrogens with zero attached hydrogens (tertiary/aromatic N) is 2. The van der Waals surface area contributed by atoms with E-state index < -0.39 is 11.7 Å². The third kappa shape index (κ3) is 2.92. The van der Waals surface area contributed by atoms with Crippen LogP contribution in [0.25, 0.3) is 10.9 Å². The van der Waals surface area contributed by atoms with Gasteiger partial charge in [0.1, 0.15) is 12.1 Å². The lowest BCUT2D eigenvalue weighted by molar-refractivity contribution is -0.203. The number of amides is 1. The van der Waals surface area contributed by atoms with Gasteiger partial charge in [-0.3, -0.25) is 4.79 Å². The highest BCUT2D eigenvalue weighted by molar-refractivity contribution is 5.83. The summed E-state index contributed by atoms with van der Waals surface area (Å²) in [6, 6.07) is 13.3. The molecule has 2 aromatic carbocycles. The molecule has 0 radical (unpaired) electrons. The Balaban J connectivity index is 1.57. The van der Waals surface area contributed by atoms with Crippen molar-refractivity contribution in [3.05, 3.63) is 66.1 Å². The zero-order chi connectivity index (χ0) is 17.3. The molecule has 126 valence electrons. The van der Waals surface area contributed by atoms with Crippen LogP contribution in [0.2, 0.25) is 0 Å². The fourth-order valence-corrected chi connectivity index (χ4v) is 3.01. The lowest BCUT2D eigenvalue weighted by Gasteiger charge is -2.35. The number of hydrogen-bond acceptors (Lipinski definition) is 5. The summed E-state index contributed by atoms with van der Waals surface area (Å²) in [5.41, 5.74) is 8.40. The van der Waals surface area contributed by atoms with E-state index in [0.717, 1.165) is 22.0 Å². The Morgan fingerprint density at radius 1 is 1.28 bits per heavy atom. The van der Waals surface area contributed by atoms with Crippen LogP contribution >= 0.6 is 0 Å². The Morgan fingerprint density at radius 2 is 2.16 bits per heavy atom. The fourth-order valence-electron chi connectivity index (χ4n) is 3.01. The number of rotatable bonds is 4. The summed E-state index contributed by atoms with van der Waals surface area (Å²) in [6.45, 7) is 0.204. The summed E-state index contributed by atoms with van der Waals surface area (Å²) in [6.07, 6.45) is 4.30. The van der Waals surface area contributed by atoms with Crippen LogP contribution in [0.15, 0.2) is 55.0 Å². The van der Waals surface area contributed by atoms with E-state index in [9.17, 15) is 4.79 Å². The quantitative estimate of drug-likeness (QED) is 0.791. The third-order valence-corrected chi connectivity index (χ3v) is 4.39. The molecule has 0 spiro atoms. The first-order chi connectivity index (χ1) is 12.2. The SMILES string of the molecule is NC(=O)C1(OCc2ccc3ncncc3c2)CCc2ccccc2O1. The molecule has 1 unspecified atom stereocenters. The monoisotopic (exact) mass is 335 g/mol. The Labute approximate surface area is 144 Å². The summed E-state index contributed by atoms with van der Waals surface area (Å²) in [5.74, 6) is -1.43. The number of nitrogens with two attached hydrogens (primary N) is 1. The standard InChI is InChI=1S/C19H17N3O3/c20-18(23)19(8-7-14-3-1-2-4-17(14)25-19)24-11-13-5-6-16-15(9-13)10-21-12-22-16/h1-6,9-10,12H,7-8,11H2,(H2,20,23). The lowest BCUT2D eigenvalue weighted by Crippen LogP contribution is -2.53. The smallest absolute Gasteiger partial charge is 0.291 e. The number of benzene rings is 2. The molecule has 2 heterocycles. The summed E-state index contributed by atoms with van der Waals surface area (Å²) < 4.78 is 11.8. The van der Waals surface area contributed by atoms with Crippen molar-refractivity contribution in [1.29, 1.82) is 0 Å². The minimum Gasteiger partial charge on any atom is -0.453 e. The molecule has 3 aromatic rings. The van der Waals surface area contributed by atoms with Gasteiger partial charge in [0.05, 0.1) is 12.1 Å². The molecule has 25 heavy (non-hydrogen) atoms. The van der Waals surface area contributed by atoms with Crippen molar-refractivity contribution in [2.75, 3.05) is 0 Å². The molecule has 1 atom stereocenters. The molecule has 1 aliphatic rings. The number of carbonyl (C=O) groups is 1. The molecular formula is C19H17N3O3.